The molecule has 0 fully saturated rings. The number of oxazole rings is 1. The summed E-state index contributed by atoms with van der Waals surface area (Å²) >= 11 is 0. The summed E-state index contributed by atoms with van der Waals surface area (Å²) in [5.41, 5.74) is 2.42. The molecule has 0 saturated heterocycles. The van der Waals surface area contributed by atoms with Crippen LogP contribution in [0.4, 0.5) is 0 Å². The number of aryl methyl sites for hydroxylation is 1. The minimum atomic E-state index is -0.659. The number of nitrogens with zero attached hydrogens (tertiary/aromatic N) is 1. The van der Waals surface area contributed by atoms with Crippen LogP contribution in [0.15, 0.2) is 59.0 Å². The second kappa shape index (κ2) is 9.36. The van der Waals surface area contributed by atoms with Crippen LogP contribution in [0.2, 0.25) is 0 Å². The second-order valence-electron chi connectivity index (χ2n) is 5.98. The van der Waals surface area contributed by atoms with E-state index in [2.05, 4.69) is 10.3 Å². The molecule has 0 atom stereocenters. The first-order valence-electron chi connectivity index (χ1n) is 8.77. The number of benzene rings is 2. The Kier molecular flexibility index (Phi) is 6.41. The molecule has 0 saturated carbocycles. The van der Waals surface area contributed by atoms with Crippen molar-refractivity contribution in [2.75, 3.05) is 19.8 Å². The van der Waals surface area contributed by atoms with Crippen LogP contribution >= 0.6 is 0 Å². The van der Waals surface area contributed by atoms with E-state index in [4.69, 9.17) is 13.9 Å². The van der Waals surface area contributed by atoms with E-state index in [0.717, 1.165) is 11.3 Å². The Morgan fingerprint density at radius 2 is 2.04 bits per heavy atom. The lowest BCUT2D eigenvalue weighted by Gasteiger charge is -2.08. The fourth-order valence-electron chi connectivity index (χ4n) is 2.40. The van der Waals surface area contributed by atoms with Gasteiger partial charge in [0, 0.05) is 12.2 Å². The van der Waals surface area contributed by atoms with Gasteiger partial charge in [-0.05, 0) is 36.8 Å². The van der Waals surface area contributed by atoms with Crippen LogP contribution in [0.25, 0.3) is 17.2 Å². The number of hydrogen-bond acceptors (Lipinski definition) is 6. The van der Waals surface area contributed by atoms with Gasteiger partial charge in [-0.2, -0.15) is 0 Å². The van der Waals surface area contributed by atoms with E-state index in [1.807, 2.05) is 49.4 Å². The number of para-hydroxylation sites is 2. The number of ether oxygens (including phenoxy) is 2. The van der Waals surface area contributed by atoms with Crippen molar-refractivity contribution in [1.82, 2.24) is 10.3 Å². The molecule has 1 aromatic heterocycles. The van der Waals surface area contributed by atoms with E-state index in [1.165, 1.54) is 12.2 Å². The normalized spacial score (nSPS) is 10.9. The molecule has 0 aliphatic rings. The van der Waals surface area contributed by atoms with Crippen LogP contribution in [-0.2, 0) is 14.3 Å². The van der Waals surface area contributed by atoms with Gasteiger partial charge >= 0.3 is 5.97 Å². The third kappa shape index (κ3) is 5.70. The fraction of sp³-hybridized carbons (Fsp3) is 0.190. The number of rotatable bonds is 8. The molecule has 0 radical (unpaired) electrons. The lowest BCUT2D eigenvalue weighted by atomic mass is 10.2. The molecule has 1 amide bonds. The maximum Gasteiger partial charge on any atom is 0.331 e. The van der Waals surface area contributed by atoms with Crippen molar-refractivity contribution in [3.63, 3.8) is 0 Å². The number of carbonyl (C=O) groups excluding carboxylic acids is 2. The van der Waals surface area contributed by atoms with Crippen molar-refractivity contribution >= 4 is 29.1 Å². The number of hydrogen-bond donors (Lipinski definition) is 1. The second-order valence-corrected chi connectivity index (χ2v) is 5.98. The monoisotopic (exact) mass is 380 g/mol. The molecule has 1 heterocycles. The average molecular weight is 380 g/mol. The number of fused-ring (bicyclic) bond motifs is 1. The maximum absolute atomic E-state index is 11.7. The molecule has 7 heteroatoms. The Hall–Kier alpha value is -3.61. The van der Waals surface area contributed by atoms with Crippen LogP contribution in [0.1, 0.15) is 11.5 Å². The highest BCUT2D eigenvalue weighted by molar-refractivity contribution is 5.89. The topological polar surface area (TPSA) is 90.7 Å². The largest absolute Gasteiger partial charge is 0.492 e. The zero-order valence-corrected chi connectivity index (χ0v) is 15.4. The van der Waals surface area contributed by atoms with E-state index < -0.39 is 11.9 Å². The SMILES string of the molecule is Cc1cccc(OCCNC(=O)COC(=O)/C=C/c2nc3ccccc3o2)c1. The van der Waals surface area contributed by atoms with Crippen molar-refractivity contribution in [3.8, 4) is 5.75 Å². The highest BCUT2D eigenvalue weighted by atomic mass is 16.5. The van der Waals surface area contributed by atoms with E-state index in [1.54, 1.807) is 6.07 Å². The summed E-state index contributed by atoms with van der Waals surface area (Å²) < 4.78 is 15.9. The van der Waals surface area contributed by atoms with E-state index >= 15 is 0 Å². The fourth-order valence-corrected chi connectivity index (χ4v) is 2.40. The third-order valence-corrected chi connectivity index (χ3v) is 3.70. The molecule has 0 aliphatic heterocycles. The minimum absolute atomic E-state index is 0.288. The molecule has 1 N–H and O–H groups in total. The van der Waals surface area contributed by atoms with Crippen molar-refractivity contribution in [1.29, 1.82) is 0 Å². The van der Waals surface area contributed by atoms with Gasteiger partial charge < -0.3 is 19.2 Å². The molecular formula is C21H20N2O5. The highest BCUT2D eigenvalue weighted by Crippen LogP contribution is 2.15. The Labute approximate surface area is 162 Å². The van der Waals surface area contributed by atoms with Gasteiger partial charge in [-0.25, -0.2) is 9.78 Å². The van der Waals surface area contributed by atoms with Gasteiger partial charge in [-0.1, -0.05) is 24.3 Å². The smallest absolute Gasteiger partial charge is 0.331 e. The summed E-state index contributed by atoms with van der Waals surface area (Å²) in [5.74, 6) is -0.0363. The van der Waals surface area contributed by atoms with Crippen molar-refractivity contribution in [2.45, 2.75) is 6.92 Å². The van der Waals surface area contributed by atoms with Gasteiger partial charge in [0.1, 0.15) is 17.9 Å². The summed E-state index contributed by atoms with van der Waals surface area (Å²) in [6, 6.07) is 14.9. The van der Waals surface area contributed by atoms with Crippen molar-refractivity contribution < 1.29 is 23.5 Å². The Morgan fingerprint density at radius 1 is 1.18 bits per heavy atom. The van der Waals surface area contributed by atoms with Crippen LogP contribution in [0.5, 0.6) is 5.75 Å². The molecule has 144 valence electrons. The van der Waals surface area contributed by atoms with Crippen molar-refractivity contribution in [3.05, 3.63) is 66.1 Å². The minimum Gasteiger partial charge on any atom is -0.492 e. The van der Waals surface area contributed by atoms with E-state index in [-0.39, 0.29) is 12.5 Å². The predicted octanol–water partition coefficient (Wildman–Crippen LogP) is 2.89. The molecule has 28 heavy (non-hydrogen) atoms. The Balaban J connectivity index is 1.35. The van der Waals surface area contributed by atoms with Crippen LogP contribution in [-0.4, -0.2) is 36.6 Å². The molecule has 3 rings (SSSR count). The number of nitrogens with one attached hydrogen (secondary N) is 1. The number of esters is 1. The summed E-state index contributed by atoms with van der Waals surface area (Å²) in [7, 11) is 0. The average Bonchev–Trinajstić information content (AvgIpc) is 3.11. The summed E-state index contributed by atoms with van der Waals surface area (Å²) in [5, 5.41) is 2.62. The van der Waals surface area contributed by atoms with E-state index in [9.17, 15) is 9.59 Å². The molecule has 0 aliphatic carbocycles. The summed E-state index contributed by atoms with van der Waals surface area (Å²) in [6.07, 6.45) is 2.56. The zero-order valence-electron chi connectivity index (χ0n) is 15.4. The summed E-state index contributed by atoms with van der Waals surface area (Å²) in [4.78, 5) is 27.6. The molecular weight excluding hydrogens is 360 g/mol. The molecule has 0 bridgehead atoms. The Morgan fingerprint density at radius 3 is 2.86 bits per heavy atom. The number of carbonyl (C=O) groups is 2. The molecule has 2 aromatic carbocycles. The van der Waals surface area contributed by atoms with Crippen LogP contribution in [0.3, 0.4) is 0 Å². The Bertz CT molecular complexity index is 960. The first kappa shape index (κ1) is 19.2. The quantitative estimate of drug-likeness (QED) is 0.367. The van der Waals surface area contributed by atoms with Gasteiger partial charge in [0.15, 0.2) is 12.2 Å². The third-order valence-electron chi connectivity index (χ3n) is 3.70. The maximum atomic E-state index is 11.7. The molecule has 3 aromatic rings. The molecule has 0 unspecified atom stereocenters. The molecule has 0 spiro atoms. The van der Waals surface area contributed by atoms with Crippen molar-refractivity contribution in [2.24, 2.45) is 0 Å². The van der Waals surface area contributed by atoms with Crippen LogP contribution in [0, 0.1) is 6.92 Å². The summed E-state index contributed by atoms with van der Waals surface area (Å²) in [6.45, 7) is 2.23. The zero-order chi connectivity index (χ0) is 19.8. The standard InChI is InChI=1S/C21H20N2O5/c1-15-5-4-6-16(13-15)26-12-11-22-19(24)14-27-21(25)10-9-20-23-17-7-2-3-8-18(17)28-20/h2-10,13H,11-12,14H2,1H3,(H,22,24)/b10-9+. The lowest BCUT2D eigenvalue weighted by molar-refractivity contribution is -0.143. The van der Waals surface area contributed by atoms with Gasteiger partial charge in [0.25, 0.3) is 5.91 Å². The predicted molar refractivity (Wildman–Crippen MR) is 104 cm³/mol. The molecule has 7 nitrogen and oxygen atoms in total. The lowest BCUT2D eigenvalue weighted by Crippen LogP contribution is -2.31. The van der Waals surface area contributed by atoms with Gasteiger partial charge in [-0.3, -0.25) is 4.79 Å². The number of aromatic nitrogens is 1. The van der Waals surface area contributed by atoms with Gasteiger partial charge in [0.2, 0.25) is 5.89 Å². The van der Waals surface area contributed by atoms with Gasteiger partial charge in [-0.15, -0.1) is 0 Å². The first-order chi connectivity index (χ1) is 13.6. The highest BCUT2D eigenvalue weighted by Gasteiger charge is 2.06. The van der Waals surface area contributed by atoms with Crippen LogP contribution < -0.4 is 10.1 Å². The number of amides is 1. The van der Waals surface area contributed by atoms with E-state index in [0.29, 0.717) is 24.3 Å². The first-order valence-corrected chi connectivity index (χ1v) is 8.77. The van der Waals surface area contributed by atoms with Gasteiger partial charge in [0.05, 0.1) is 6.54 Å².